The Labute approximate surface area is 127 Å². The Balaban J connectivity index is 1.73. The van der Waals surface area contributed by atoms with Crippen LogP contribution in [0.2, 0.25) is 0 Å². The molecule has 0 saturated carbocycles. The molecule has 1 N–H and O–H groups in total. The van der Waals surface area contributed by atoms with E-state index in [1.165, 1.54) is 0 Å². The third kappa shape index (κ3) is 5.21. The Morgan fingerprint density at radius 1 is 1.24 bits per heavy atom. The van der Waals surface area contributed by atoms with Gasteiger partial charge in [0.1, 0.15) is 5.60 Å². The highest BCUT2D eigenvalue weighted by molar-refractivity contribution is 5.76. The van der Waals surface area contributed by atoms with E-state index < -0.39 is 5.60 Å². The lowest BCUT2D eigenvalue weighted by Gasteiger charge is -2.35. The Morgan fingerprint density at radius 3 is 2.48 bits per heavy atom. The van der Waals surface area contributed by atoms with Gasteiger partial charge in [-0.2, -0.15) is 0 Å². The molecule has 0 radical (unpaired) electrons. The molecule has 0 aliphatic carbocycles. The standard InChI is InChI=1S/C16H28N2O3/c1-16(2,3)21-15(20)18-8-5-12(6-9-18)10-13-4-7-17-14(19)11-13/h12-13H,4-11H2,1-3H3,(H,17,19). The van der Waals surface area contributed by atoms with Gasteiger partial charge in [-0.1, -0.05) is 0 Å². The van der Waals surface area contributed by atoms with Crippen LogP contribution in [0.15, 0.2) is 0 Å². The third-order valence-corrected chi connectivity index (χ3v) is 4.28. The topological polar surface area (TPSA) is 58.6 Å². The first-order valence-corrected chi connectivity index (χ1v) is 8.08. The summed E-state index contributed by atoms with van der Waals surface area (Å²) < 4.78 is 5.41. The smallest absolute Gasteiger partial charge is 0.410 e. The molecule has 2 saturated heterocycles. The molecular formula is C16H28N2O3. The lowest BCUT2D eigenvalue weighted by molar-refractivity contribution is -0.123. The summed E-state index contributed by atoms with van der Waals surface area (Å²) >= 11 is 0. The Kier molecular flexibility index (Phi) is 5.12. The van der Waals surface area contributed by atoms with Gasteiger partial charge in [0.25, 0.3) is 0 Å². The predicted molar refractivity (Wildman–Crippen MR) is 80.9 cm³/mol. The van der Waals surface area contributed by atoms with Crippen LogP contribution in [0.1, 0.15) is 52.9 Å². The first-order valence-electron chi connectivity index (χ1n) is 8.08. The average Bonchev–Trinajstić information content (AvgIpc) is 2.37. The number of likely N-dealkylation sites (tertiary alicyclic amines) is 1. The number of rotatable bonds is 2. The number of ether oxygens (including phenoxy) is 1. The summed E-state index contributed by atoms with van der Waals surface area (Å²) in [7, 11) is 0. The maximum absolute atomic E-state index is 12.0. The lowest BCUT2D eigenvalue weighted by atomic mass is 9.83. The molecule has 0 bridgehead atoms. The fraction of sp³-hybridized carbons (Fsp3) is 0.875. The van der Waals surface area contributed by atoms with E-state index in [2.05, 4.69) is 5.32 Å². The van der Waals surface area contributed by atoms with E-state index in [9.17, 15) is 9.59 Å². The van der Waals surface area contributed by atoms with E-state index in [1.807, 2.05) is 25.7 Å². The van der Waals surface area contributed by atoms with Crippen LogP contribution < -0.4 is 5.32 Å². The molecule has 2 aliphatic rings. The molecule has 0 spiro atoms. The lowest BCUT2D eigenvalue weighted by Crippen LogP contribution is -2.42. The van der Waals surface area contributed by atoms with Crippen LogP contribution in [0.5, 0.6) is 0 Å². The molecule has 5 heteroatoms. The number of carbonyl (C=O) groups excluding carboxylic acids is 2. The molecule has 120 valence electrons. The maximum Gasteiger partial charge on any atom is 0.410 e. The average molecular weight is 296 g/mol. The summed E-state index contributed by atoms with van der Waals surface area (Å²) in [6.07, 6.45) is 4.74. The minimum atomic E-state index is -0.427. The van der Waals surface area contributed by atoms with Gasteiger partial charge in [-0.05, 0) is 58.3 Å². The van der Waals surface area contributed by atoms with Gasteiger partial charge in [0, 0.05) is 26.1 Å². The highest BCUT2D eigenvalue weighted by Crippen LogP contribution is 2.29. The number of amides is 2. The molecule has 0 aromatic heterocycles. The second kappa shape index (κ2) is 6.67. The number of hydrogen-bond acceptors (Lipinski definition) is 3. The number of nitrogens with one attached hydrogen (secondary N) is 1. The Morgan fingerprint density at radius 2 is 1.90 bits per heavy atom. The van der Waals surface area contributed by atoms with Crippen molar-refractivity contribution >= 4 is 12.0 Å². The van der Waals surface area contributed by atoms with Gasteiger partial charge in [-0.25, -0.2) is 4.79 Å². The van der Waals surface area contributed by atoms with Crippen molar-refractivity contribution in [3.05, 3.63) is 0 Å². The van der Waals surface area contributed by atoms with Crippen LogP contribution >= 0.6 is 0 Å². The predicted octanol–water partition coefficient (Wildman–Crippen LogP) is 2.55. The second-order valence-electron chi connectivity index (χ2n) is 7.36. The molecular weight excluding hydrogens is 268 g/mol. The van der Waals surface area contributed by atoms with Crippen LogP contribution in [0.4, 0.5) is 4.79 Å². The molecule has 2 rings (SSSR count). The van der Waals surface area contributed by atoms with Crippen molar-refractivity contribution in [1.82, 2.24) is 10.2 Å². The van der Waals surface area contributed by atoms with Crippen LogP contribution in [-0.4, -0.2) is 42.1 Å². The minimum Gasteiger partial charge on any atom is -0.444 e. The summed E-state index contributed by atoms with van der Waals surface area (Å²) in [4.78, 5) is 25.2. The SMILES string of the molecule is CC(C)(C)OC(=O)N1CCC(CC2CCNC(=O)C2)CC1. The molecule has 2 aliphatic heterocycles. The van der Waals surface area contributed by atoms with Gasteiger partial charge in [-0.3, -0.25) is 4.79 Å². The second-order valence-corrected chi connectivity index (χ2v) is 7.36. The van der Waals surface area contributed by atoms with Crippen molar-refractivity contribution in [2.45, 2.75) is 58.5 Å². The van der Waals surface area contributed by atoms with Gasteiger partial charge in [0.05, 0.1) is 0 Å². The maximum atomic E-state index is 12.0. The fourth-order valence-electron chi connectivity index (χ4n) is 3.20. The zero-order chi connectivity index (χ0) is 15.5. The van der Waals surface area contributed by atoms with E-state index in [0.29, 0.717) is 18.3 Å². The Hall–Kier alpha value is -1.26. The van der Waals surface area contributed by atoms with E-state index in [-0.39, 0.29) is 12.0 Å². The molecule has 2 heterocycles. The number of nitrogens with zero attached hydrogens (tertiary/aromatic N) is 1. The molecule has 0 aromatic carbocycles. The molecule has 0 aromatic rings. The Bertz CT molecular complexity index is 381. The summed E-state index contributed by atoms with van der Waals surface area (Å²) in [5, 5.41) is 2.88. The van der Waals surface area contributed by atoms with E-state index in [4.69, 9.17) is 4.74 Å². The zero-order valence-corrected chi connectivity index (χ0v) is 13.5. The quantitative estimate of drug-likeness (QED) is 0.852. The van der Waals surface area contributed by atoms with Crippen molar-refractivity contribution < 1.29 is 14.3 Å². The number of carbonyl (C=O) groups is 2. The van der Waals surface area contributed by atoms with E-state index in [0.717, 1.165) is 45.3 Å². The largest absolute Gasteiger partial charge is 0.444 e. The van der Waals surface area contributed by atoms with Gasteiger partial charge in [0.2, 0.25) is 5.91 Å². The molecule has 2 fully saturated rings. The monoisotopic (exact) mass is 296 g/mol. The van der Waals surface area contributed by atoms with Crippen molar-refractivity contribution in [3.8, 4) is 0 Å². The third-order valence-electron chi connectivity index (χ3n) is 4.28. The number of hydrogen-bond donors (Lipinski definition) is 1. The van der Waals surface area contributed by atoms with Crippen molar-refractivity contribution in [2.75, 3.05) is 19.6 Å². The first kappa shape index (κ1) is 16.1. The first-order chi connectivity index (χ1) is 9.83. The summed E-state index contributed by atoms with van der Waals surface area (Å²) in [5.41, 5.74) is -0.427. The van der Waals surface area contributed by atoms with E-state index in [1.54, 1.807) is 0 Å². The molecule has 2 amide bonds. The normalized spacial score (nSPS) is 24.6. The van der Waals surface area contributed by atoms with Crippen LogP contribution in [-0.2, 0) is 9.53 Å². The molecule has 5 nitrogen and oxygen atoms in total. The van der Waals surface area contributed by atoms with Gasteiger partial charge >= 0.3 is 6.09 Å². The highest BCUT2D eigenvalue weighted by atomic mass is 16.6. The van der Waals surface area contributed by atoms with Crippen LogP contribution in [0.25, 0.3) is 0 Å². The molecule has 1 unspecified atom stereocenters. The fourth-order valence-corrected chi connectivity index (χ4v) is 3.20. The van der Waals surface area contributed by atoms with Gasteiger partial charge < -0.3 is 15.0 Å². The number of piperidine rings is 2. The van der Waals surface area contributed by atoms with Crippen LogP contribution in [0, 0.1) is 11.8 Å². The minimum absolute atomic E-state index is 0.192. The summed E-state index contributed by atoms with van der Waals surface area (Å²) in [6, 6.07) is 0. The zero-order valence-electron chi connectivity index (χ0n) is 13.5. The van der Waals surface area contributed by atoms with Crippen LogP contribution in [0.3, 0.4) is 0 Å². The van der Waals surface area contributed by atoms with E-state index >= 15 is 0 Å². The van der Waals surface area contributed by atoms with Gasteiger partial charge in [-0.15, -0.1) is 0 Å². The molecule has 21 heavy (non-hydrogen) atoms. The van der Waals surface area contributed by atoms with Crippen molar-refractivity contribution in [3.63, 3.8) is 0 Å². The van der Waals surface area contributed by atoms with Gasteiger partial charge in [0.15, 0.2) is 0 Å². The van der Waals surface area contributed by atoms with Crippen molar-refractivity contribution in [2.24, 2.45) is 11.8 Å². The molecule has 1 atom stereocenters. The summed E-state index contributed by atoms with van der Waals surface area (Å²) in [5.74, 6) is 1.36. The van der Waals surface area contributed by atoms with Crippen molar-refractivity contribution in [1.29, 1.82) is 0 Å². The highest BCUT2D eigenvalue weighted by Gasteiger charge is 2.29. The summed E-state index contributed by atoms with van der Waals surface area (Å²) in [6.45, 7) is 8.06.